The lowest BCUT2D eigenvalue weighted by atomic mass is 10.0. The highest BCUT2D eigenvalue weighted by molar-refractivity contribution is 7.92. The van der Waals surface area contributed by atoms with Crippen LogP contribution in [0.5, 0.6) is 0 Å². The number of rotatable bonds is 7. The molecule has 0 spiro atoms. The van der Waals surface area contributed by atoms with Crippen molar-refractivity contribution in [3.63, 3.8) is 0 Å². The number of carbonyl (C=O) groups excluding carboxylic acids is 1. The fourth-order valence-electron chi connectivity index (χ4n) is 4.19. The van der Waals surface area contributed by atoms with E-state index in [9.17, 15) is 17.6 Å². The molecule has 0 radical (unpaired) electrons. The Morgan fingerprint density at radius 2 is 1.73 bits per heavy atom. The molecule has 3 aromatic carbocycles. The van der Waals surface area contributed by atoms with Crippen LogP contribution in [0.3, 0.4) is 0 Å². The van der Waals surface area contributed by atoms with Crippen molar-refractivity contribution in [1.29, 1.82) is 0 Å². The second-order valence-electron chi connectivity index (χ2n) is 8.49. The third kappa shape index (κ3) is 5.25. The van der Waals surface area contributed by atoms with Crippen LogP contribution in [-0.2, 0) is 29.4 Å². The summed E-state index contributed by atoms with van der Waals surface area (Å²) < 4.78 is 39.8. The minimum absolute atomic E-state index is 0.00927. The molecule has 3 aromatic rings. The molecule has 0 aromatic heterocycles. The van der Waals surface area contributed by atoms with Crippen LogP contribution in [0.2, 0.25) is 0 Å². The summed E-state index contributed by atoms with van der Waals surface area (Å²) in [6.45, 7) is 1.93. The van der Waals surface area contributed by atoms with Crippen LogP contribution in [-0.4, -0.2) is 20.6 Å². The molecule has 0 fully saturated rings. The molecule has 1 amide bonds. The monoisotopic (exact) mass is 466 g/mol. The first kappa shape index (κ1) is 23.0. The van der Waals surface area contributed by atoms with Crippen LogP contribution >= 0.6 is 0 Å². The van der Waals surface area contributed by atoms with Gasteiger partial charge in [0.25, 0.3) is 5.91 Å². The van der Waals surface area contributed by atoms with Gasteiger partial charge in [0.1, 0.15) is 5.82 Å². The summed E-state index contributed by atoms with van der Waals surface area (Å²) in [5.41, 5.74) is 4.95. The van der Waals surface area contributed by atoms with Gasteiger partial charge in [0.15, 0.2) is 0 Å². The van der Waals surface area contributed by atoms with E-state index >= 15 is 0 Å². The molecule has 1 aliphatic carbocycles. The van der Waals surface area contributed by atoms with Crippen molar-refractivity contribution in [2.45, 2.75) is 38.8 Å². The highest BCUT2D eigenvalue weighted by atomic mass is 32.2. The number of nitrogens with one attached hydrogen (secondary N) is 1. The van der Waals surface area contributed by atoms with Crippen LogP contribution in [0.15, 0.2) is 66.7 Å². The third-order valence-electron chi connectivity index (χ3n) is 6.03. The smallest absolute Gasteiger partial charge is 0.251 e. The second kappa shape index (κ2) is 9.35. The Labute approximate surface area is 194 Å². The molecule has 1 atom stereocenters. The van der Waals surface area contributed by atoms with Gasteiger partial charge in [-0.25, -0.2) is 12.8 Å². The standard InChI is InChI=1S/C26H27FN2O3S/c1-18(22-15-14-20-6-5-7-23(20)16-22)28-26(30)21-12-10-19(11-13-21)17-29(33(2,31)32)25-9-4-3-8-24(25)27/h3-4,8-16,18H,5-7,17H2,1-2H3,(H,28,30). The lowest BCUT2D eigenvalue weighted by Crippen LogP contribution is -2.30. The van der Waals surface area contributed by atoms with Crippen LogP contribution in [0, 0.1) is 5.82 Å². The van der Waals surface area contributed by atoms with Gasteiger partial charge in [-0.3, -0.25) is 9.10 Å². The molecule has 0 aliphatic heterocycles. The van der Waals surface area contributed by atoms with E-state index in [1.807, 2.05) is 6.92 Å². The maximum atomic E-state index is 14.2. The summed E-state index contributed by atoms with van der Waals surface area (Å²) >= 11 is 0. The van der Waals surface area contributed by atoms with Gasteiger partial charge < -0.3 is 5.32 Å². The van der Waals surface area contributed by atoms with Crippen molar-refractivity contribution in [3.8, 4) is 0 Å². The van der Waals surface area contributed by atoms with Gasteiger partial charge in [-0.2, -0.15) is 0 Å². The van der Waals surface area contributed by atoms with Crippen molar-refractivity contribution < 1.29 is 17.6 Å². The Morgan fingerprint density at radius 1 is 1.03 bits per heavy atom. The molecule has 4 rings (SSSR count). The van der Waals surface area contributed by atoms with Crippen LogP contribution in [0.4, 0.5) is 10.1 Å². The highest BCUT2D eigenvalue weighted by Crippen LogP contribution is 2.26. The summed E-state index contributed by atoms with van der Waals surface area (Å²) in [7, 11) is -3.70. The normalized spacial score (nSPS) is 13.9. The van der Waals surface area contributed by atoms with Crippen molar-refractivity contribution >= 4 is 21.6 Å². The van der Waals surface area contributed by atoms with Gasteiger partial charge in [0.2, 0.25) is 10.0 Å². The number of hydrogen-bond acceptors (Lipinski definition) is 3. The minimum atomic E-state index is -3.70. The van der Waals surface area contributed by atoms with Crippen molar-refractivity contribution in [2.75, 3.05) is 10.6 Å². The fraction of sp³-hybridized carbons (Fsp3) is 0.269. The number of sulfonamides is 1. The number of hydrogen-bond donors (Lipinski definition) is 1. The Morgan fingerprint density at radius 3 is 2.42 bits per heavy atom. The van der Waals surface area contributed by atoms with Crippen molar-refractivity contribution in [2.24, 2.45) is 0 Å². The summed E-state index contributed by atoms with van der Waals surface area (Å²) in [5, 5.41) is 3.03. The quantitative estimate of drug-likeness (QED) is 0.545. The number of carbonyl (C=O) groups is 1. The molecule has 33 heavy (non-hydrogen) atoms. The van der Waals surface area contributed by atoms with Gasteiger partial charge in [0, 0.05) is 5.56 Å². The van der Waals surface area contributed by atoms with Crippen molar-refractivity contribution in [3.05, 3.63) is 100 Å². The topological polar surface area (TPSA) is 66.5 Å². The SMILES string of the molecule is CC(NC(=O)c1ccc(CN(c2ccccc2F)S(C)(=O)=O)cc1)c1ccc2c(c1)CCC2. The number of anilines is 1. The molecule has 5 nitrogen and oxygen atoms in total. The molecule has 1 unspecified atom stereocenters. The van der Waals surface area contributed by atoms with Gasteiger partial charge in [-0.1, -0.05) is 42.5 Å². The fourth-order valence-corrected chi connectivity index (χ4v) is 5.08. The largest absolute Gasteiger partial charge is 0.346 e. The molecule has 1 N–H and O–H groups in total. The number of halogens is 1. The zero-order chi connectivity index (χ0) is 23.6. The lowest BCUT2D eigenvalue weighted by molar-refractivity contribution is 0.0940. The molecule has 172 valence electrons. The molecule has 7 heteroatoms. The third-order valence-corrected chi connectivity index (χ3v) is 7.16. The Bertz CT molecular complexity index is 1270. The Hall–Kier alpha value is -3.19. The van der Waals surface area contributed by atoms with Crippen LogP contribution in [0.1, 0.15) is 52.0 Å². The first-order valence-electron chi connectivity index (χ1n) is 11.0. The summed E-state index contributed by atoms with van der Waals surface area (Å²) in [6, 6.07) is 18.7. The molecule has 0 bridgehead atoms. The number of aryl methyl sites for hydroxylation is 2. The maximum Gasteiger partial charge on any atom is 0.251 e. The van der Waals surface area contributed by atoms with E-state index in [1.165, 1.54) is 35.7 Å². The number of para-hydroxylation sites is 1. The first-order chi connectivity index (χ1) is 15.7. The molecular formula is C26H27FN2O3S. The maximum absolute atomic E-state index is 14.2. The molecular weight excluding hydrogens is 439 g/mol. The molecule has 0 saturated carbocycles. The number of amides is 1. The van der Waals surface area contributed by atoms with Gasteiger partial charge >= 0.3 is 0 Å². The van der Waals surface area contributed by atoms with Crippen LogP contribution in [0.25, 0.3) is 0 Å². The minimum Gasteiger partial charge on any atom is -0.346 e. The van der Waals surface area contributed by atoms with E-state index in [4.69, 9.17) is 0 Å². The predicted octanol–water partition coefficient (Wildman–Crippen LogP) is 4.77. The van der Waals surface area contributed by atoms with E-state index in [-0.39, 0.29) is 24.2 Å². The van der Waals surface area contributed by atoms with E-state index in [0.717, 1.165) is 29.0 Å². The van der Waals surface area contributed by atoms with Crippen LogP contribution < -0.4 is 9.62 Å². The number of benzene rings is 3. The summed E-state index contributed by atoms with van der Waals surface area (Å²) in [5.74, 6) is -0.817. The van der Waals surface area contributed by atoms with E-state index < -0.39 is 15.8 Å². The molecule has 1 aliphatic rings. The van der Waals surface area contributed by atoms with Gasteiger partial charge in [-0.15, -0.1) is 0 Å². The molecule has 0 heterocycles. The van der Waals surface area contributed by atoms with E-state index in [2.05, 4.69) is 23.5 Å². The summed E-state index contributed by atoms with van der Waals surface area (Å²) in [4.78, 5) is 12.8. The highest BCUT2D eigenvalue weighted by Gasteiger charge is 2.21. The average Bonchev–Trinajstić information content (AvgIpc) is 3.25. The van der Waals surface area contributed by atoms with E-state index in [1.54, 1.807) is 30.3 Å². The number of nitrogens with zero attached hydrogens (tertiary/aromatic N) is 1. The molecule has 0 saturated heterocycles. The van der Waals surface area contributed by atoms with Gasteiger partial charge in [-0.05, 0) is 72.7 Å². The Balaban J connectivity index is 1.46. The lowest BCUT2D eigenvalue weighted by Gasteiger charge is -2.23. The zero-order valence-electron chi connectivity index (χ0n) is 18.7. The van der Waals surface area contributed by atoms with Crippen molar-refractivity contribution in [1.82, 2.24) is 5.32 Å². The predicted molar refractivity (Wildman–Crippen MR) is 128 cm³/mol. The first-order valence-corrected chi connectivity index (χ1v) is 12.8. The number of fused-ring (bicyclic) bond motifs is 1. The average molecular weight is 467 g/mol. The Kier molecular flexibility index (Phi) is 6.51. The van der Waals surface area contributed by atoms with E-state index in [0.29, 0.717) is 11.1 Å². The second-order valence-corrected chi connectivity index (χ2v) is 10.4. The summed E-state index contributed by atoms with van der Waals surface area (Å²) in [6.07, 6.45) is 4.43. The zero-order valence-corrected chi connectivity index (χ0v) is 19.5. The van der Waals surface area contributed by atoms with Gasteiger partial charge in [0.05, 0.1) is 24.5 Å².